The first-order valence-corrected chi connectivity index (χ1v) is 4.10. The summed E-state index contributed by atoms with van der Waals surface area (Å²) in [6.07, 6.45) is 1.20. The van der Waals surface area contributed by atoms with Gasteiger partial charge in [0.1, 0.15) is 0 Å². The van der Waals surface area contributed by atoms with Gasteiger partial charge in [-0.3, -0.25) is 0 Å². The van der Waals surface area contributed by atoms with Crippen molar-refractivity contribution in [3.05, 3.63) is 11.1 Å². The highest BCUT2D eigenvalue weighted by Crippen LogP contribution is 2.43. The summed E-state index contributed by atoms with van der Waals surface area (Å²) in [6, 6.07) is 0. The average Bonchev–Trinajstić information content (AvgIpc) is 2.03. The zero-order chi connectivity index (χ0) is 7.14. The average molecular weight is 138 g/mol. The fourth-order valence-electron chi connectivity index (χ4n) is 2.07. The molecule has 0 amide bonds. The molecular formula is C9H14O. The van der Waals surface area contributed by atoms with Crippen LogP contribution >= 0.6 is 0 Å². The van der Waals surface area contributed by atoms with Crippen molar-refractivity contribution < 1.29 is 4.74 Å². The van der Waals surface area contributed by atoms with E-state index < -0.39 is 0 Å². The second kappa shape index (κ2) is 2.09. The van der Waals surface area contributed by atoms with E-state index in [0.717, 1.165) is 25.0 Å². The molecule has 0 aromatic carbocycles. The minimum absolute atomic E-state index is 0.801. The molecule has 0 N–H and O–H groups in total. The Morgan fingerprint density at radius 3 is 2.60 bits per heavy atom. The molecule has 56 valence electrons. The molecule has 0 saturated heterocycles. The van der Waals surface area contributed by atoms with Crippen molar-refractivity contribution >= 4 is 0 Å². The first-order chi connectivity index (χ1) is 4.80. The number of rotatable bonds is 0. The lowest BCUT2D eigenvalue weighted by Gasteiger charge is -2.41. The van der Waals surface area contributed by atoms with E-state index in [1.165, 1.54) is 6.42 Å². The summed E-state index contributed by atoms with van der Waals surface area (Å²) in [5, 5.41) is 0. The molecule has 10 heavy (non-hydrogen) atoms. The van der Waals surface area contributed by atoms with Crippen molar-refractivity contribution in [3.63, 3.8) is 0 Å². The maximum absolute atomic E-state index is 5.36. The smallest absolute Gasteiger partial charge is 0.0682 e. The van der Waals surface area contributed by atoms with Crippen LogP contribution in [0.1, 0.15) is 20.3 Å². The van der Waals surface area contributed by atoms with Crippen molar-refractivity contribution in [1.82, 2.24) is 0 Å². The standard InChI is InChI=1S/C9H14O/c1-6-7(2)9-5-10-4-3-8(6)9/h6-7H,3-5H2,1-2H3. The molecule has 1 aliphatic heterocycles. The van der Waals surface area contributed by atoms with Gasteiger partial charge in [0, 0.05) is 0 Å². The monoisotopic (exact) mass is 138 g/mol. The Morgan fingerprint density at radius 2 is 1.90 bits per heavy atom. The van der Waals surface area contributed by atoms with Crippen LogP contribution < -0.4 is 0 Å². The Hall–Kier alpha value is -0.300. The molecular weight excluding hydrogens is 124 g/mol. The summed E-state index contributed by atoms with van der Waals surface area (Å²) >= 11 is 0. The number of ether oxygens (including phenoxy) is 1. The highest BCUT2D eigenvalue weighted by Gasteiger charge is 2.34. The molecule has 1 heterocycles. The molecule has 2 atom stereocenters. The molecule has 2 rings (SSSR count). The van der Waals surface area contributed by atoms with E-state index in [4.69, 9.17) is 4.74 Å². The van der Waals surface area contributed by atoms with Gasteiger partial charge in [0.25, 0.3) is 0 Å². The SMILES string of the molecule is CC1C2=C(COCC2)C1C. The van der Waals surface area contributed by atoms with E-state index in [-0.39, 0.29) is 0 Å². The second-order valence-corrected chi connectivity index (χ2v) is 3.43. The first-order valence-electron chi connectivity index (χ1n) is 4.10. The van der Waals surface area contributed by atoms with Crippen LogP contribution in [0.25, 0.3) is 0 Å². The molecule has 0 aromatic heterocycles. The summed E-state index contributed by atoms with van der Waals surface area (Å²) in [4.78, 5) is 0. The van der Waals surface area contributed by atoms with Crippen LogP contribution in [0.5, 0.6) is 0 Å². The third-order valence-electron chi connectivity index (χ3n) is 3.04. The van der Waals surface area contributed by atoms with E-state index >= 15 is 0 Å². The molecule has 0 saturated carbocycles. The normalized spacial score (nSPS) is 39.0. The van der Waals surface area contributed by atoms with Crippen LogP contribution in [0.2, 0.25) is 0 Å². The molecule has 2 unspecified atom stereocenters. The number of hydrogen-bond donors (Lipinski definition) is 0. The van der Waals surface area contributed by atoms with Gasteiger partial charge in [-0.1, -0.05) is 19.4 Å². The van der Waals surface area contributed by atoms with Gasteiger partial charge in [-0.2, -0.15) is 0 Å². The Bertz CT molecular complexity index is 161. The molecule has 1 aliphatic carbocycles. The largest absolute Gasteiger partial charge is 0.377 e. The van der Waals surface area contributed by atoms with Gasteiger partial charge < -0.3 is 4.74 Å². The Labute approximate surface area is 62.1 Å². The van der Waals surface area contributed by atoms with Gasteiger partial charge in [-0.05, 0) is 23.8 Å². The van der Waals surface area contributed by atoms with Crippen LogP contribution in [0.4, 0.5) is 0 Å². The fraction of sp³-hybridized carbons (Fsp3) is 0.778. The van der Waals surface area contributed by atoms with Crippen LogP contribution in [0.3, 0.4) is 0 Å². The fourth-order valence-corrected chi connectivity index (χ4v) is 2.07. The topological polar surface area (TPSA) is 9.23 Å². The minimum Gasteiger partial charge on any atom is -0.377 e. The lowest BCUT2D eigenvalue weighted by molar-refractivity contribution is 0.113. The molecule has 0 bridgehead atoms. The Balaban J connectivity index is 2.21. The van der Waals surface area contributed by atoms with Crippen molar-refractivity contribution in [1.29, 1.82) is 0 Å². The van der Waals surface area contributed by atoms with E-state index in [0.29, 0.717) is 0 Å². The molecule has 2 aliphatic rings. The molecule has 1 heteroatoms. The molecule has 0 radical (unpaired) electrons. The summed E-state index contributed by atoms with van der Waals surface area (Å²) in [6.45, 7) is 6.50. The first kappa shape index (κ1) is 6.41. The van der Waals surface area contributed by atoms with Gasteiger partial charge >= 0.3 is 0 Å². The zero-order valence-corrected chi connectivity index (χ0v) is 6.68. The summed E-state index contributed by atoms with van der Waals surface area (Å²) < 4.78 is 5.36. The Kier molecular flexibility index (Phi) is 1.34. The van der Waals surface area contributed by atoms with Gasteiger partial charge in [0.05, 0.1) is 13.2 Å². The molecule has 1 nitrogen and oxygen atoms in total. The predicted octanol–water partition coefficient (Wildman–Crippen LogP) is 1.99. The quantitative estimate of drug-likeness (QED) is 0.465. The van der Waals surface area contributed by atoms with Gasteiger partial charge in [0.15, 0.2) is 0 Å². The highest BCUT2D eigenvalue weighted by atomic mass is 16.5. The summed E-state index contributed by atoms with van der Waals surface area (Å²) in [5.74, 6) is 1.65. The lowest BCUT2D eigenvalue weighted by Crippen LogP contribution is -2.33. The van der Waals surface area contributed by atoms with Crippen LogP contribution in [-0.4, -0.2) is 13.2 Å². The minimum atomic E-state index is 0.801. The van der Waals surface area contributed by atoms with Crippen molar-refractivity contribution in [2.24, 2.45) is 11.8 Å². The van der Waals surface area contributed by atoms with Crippen LogP contribution in [0.15, 0.2) is 11.1 Å². The number of hydrogen-bond acceptors (Lipinski definition) is 1. The van der Waals surface area contributed by atoms with Gasteiger partial charge in [-0.25, -0.2) is 0 Å². The van der Waals surface area contributed by atoms with Crippen LogP contribution in [0, 0.1) is 11.8 Å². The van der Waals surface area contributed by atoms with Gasteiger partial charge in [-0.15, -0.1) is 0 Å². The lowest BCUT2D eigenvalue weighted by atomic mass is 9.68. The predicted molar refractivity (Wildman–Crippen MR) is 40.8 cm³/mol. The van der Waals surface area contributed by atoms with E-state index in [2.05, 4.69) is 13.8 Å². The van der Waals surface area contributed by atoms with Crippen molar-refractivity contribution in [3.8, 4) is 0 Å². The van der Waals surface area contributed by atoms with Crippen molar-refractivity contribution in [2.45, 2.75) is 20.3 Å². The van der Waals surface area contributed by atoms with E-state index in [1.54, 1.807) is 11.1 Å². The third kappa shape index (κ3) is 0.671. The highest BCUT2D eigenvalue weighted by molar-refractivity contribution is 5.32. The molecule has 0 fully saturated rings. The zero-order valence-electron chi connectivity index (χ0n) is 6.68. The van der Waals surface area contributed by atoms with Gasteiger partial charge in [0.2, 0.25) is 0 Å². The third-order valence-corrected chi connectivity index (χ3v) is 3.04. The maximum atomic E-state index is 5.36. The molecule has 0 aromatic rings. The second-order valence-electron chi connectivity index (χ2n) is 3.43. The van der Waals surface area contributed by atoms with Crippen molar-refractivity contribution in [2.75, 3.05) is 13.2 Å². The van der Waals surface area contributed by atoms with E-state index in [1.807, 2.05) is 0 Å². The summed E-state index contributed by atoms with van der Waals surface area (Å²) in [5.41, 5.74) is 3.29. The van der Waals surface area contributed by atoms with Crippen LogP contribution in [-0.2, 0) is 4.74 Å². The summed E-state index contributed by atoms with van der Waals surface area (Å²) in [7, 11) is 0. The van der Waals surface area contributed by atoms with E-state index in [9.17, 15) is 0 Å². The maximum Gasteiger partial charge on any atom is 0.0682 e. The Morgan fingerprint density at radius 1 is 1.20 bits per heavy atom. The molecule has 0 spiro atoms.